The van der Waals surface area contributed by atoms with Gasteiger partial charge >= 0.3 is 0 Å². The zero-order valence-electron chi connectivity index (χ0n) is 8.67. The van der Waals surface area contributed by atoms with Crippen molar-refractivity contribution in [3.63, 3.8) is 0 Å². The Hall–Kier alpha value is -0.210. The van der Waals surface area contributed by atoms with Gasteiger partial charge in [0.2, 0.25) is 0 Å². The summed E-state index contributed by atoms with van der Waals surface area (Å²) in [7, 11) is 2.06. The normalized spacial score (nSPS) is 27.2. The number of nitrogens with zero attached hydrogens (tertiary/aromatic N) is 2. The highest BCUT2D eigenvalue weighted by atomic mass is 35.5. The van der Waals surface area contributed by atoms with Crippen LogP contribution in [-0.2, 0) is 0 Å². The maximum atomic E-state index is 6.35. The second-order valence-corrected chi connectivity index (χ2v) is 4.58. The van der Waals surface area contributed by atoms with Gasteiger partial charge in [0.05, 0.1) is 6.20 Å². The molecule has 0 aromatic heterocycles. The summed E-state index contributed by atoms with van der Waals surface area (Å²) < 4.78 is 0.570. The molecule has 0 radical (unpaired) electrons. The van der Waals surface area contributed by atoms with Crippen LogP contribution in [0.25, 0.3) is 0 Å². The van der Waals surface area contributed by atoms with Crippen molar-refractivity contribution in [2.45, 2.75) is 32.6 Å². The number of unbranched alkanes of at least 4 members (excludes halogenated alkanes) is 3. The predicted octanol–water partition coefficient (Wildman–Crippen LogP) is 2.91. The summed E-state index contributed by atoms with van der Waals surface area (Å²) in [5.41, 5.74) is 0. The molecule has 1 heterocycles. The van der Waals surface area contributed by atoms with Crippen molar-refractivity contribution in [2.24, 2.45) is 0 Å². The maximum Gasteiger partial charge on any atom is 0.175 e. The van der Waals surface area contributed by atoms with Crippen LogP contribution in [0.15, 0.2) is 12.4 Å². The van der Waals surface area contributed by atoms with E-state index in [4.69, 9.17) is 11.8 Å². The fourth-order valence-corrected chi connectivity index (χ4v) is 1.98. The Morgan fingerprint density at radius 2 is 2.15 bits per heavy atom. The quantitative estimate of drug-likeness (QED) is 0.491. The third-order valence-corrected chi connectivity index (χ3v) is 2.82. The fourth-order valence-electron chi connectivity index (χ4n) is 1.65. The molecule has 0 N–H and O–H groups in total. The van der Waals surface area contributed by atoms with Gasteiger partial charge in [-0.2, -0.15) is 4.00 Å². The van der Waals surface area contributed by atoms with Gasteiger partial charge in [-0.3, -0.25) is 0 Å². The molecule has 1 aliphatic heterocycles. The molecule has 1 unspecified atom stereocenters. The molecule has 3 heteroatoms. The molecule has 13 heavy (non-hydrogen) atoms. The highest BCUT2D eigenvalue weighted by Crippen LogP contribution is 2.21. The van der Waals surface area contributed by atoms with Crippen LogP contribution >= 0.6 is 11.8 Å². The first-order chi connectivity index (χ1) is 6.16. The van der Waals surface area contributed by atoms with Crippen LogP contribution in [0.5, 0.6) is 0 Å². The molecule has 0 spiro atoms. The van der Waals surface area contributed by atoms with Gasteiger partial charge in [0, 0.05) is 7.05 Å². The molecule has 0 aliphatic carbocycles. The van der Waals surface area contributed by atoms with E-state index in [0.29, 0.717) is 4.00 Å². The zero-order chi connectivity index (χ0) is 9.73. The summed E-state index contributed by atoms with van der Waals surface area (Å²) in [6.45, 7) is 4.20. The Morgan fingerprint density at radius 3 is 2.69 bits per heavy atom. The van der Waals surface area contributed by atoms with Crippen LogP contribution in [0.1, 0.15) is 32.6 Å². The topological polar surface area (TPSA) is 3.24 Å². The highest BCUT2D eigenvalue weighted by Gasteiger charge is 2.28. The second-order valence-electron chi connectivity index (χ2n) is 3.91. The lowest BCUT2D eigenvalue weighted by Gasteiger charge is -2.22. The van der Waals surface area contributed by atoms with Gasteiger partial charge in [0.25, 0.3) is 0 Å². The van der Waals surface area contributed by atoms with E-state index in [1.807, 2.05) is 0 Å². The van der Waals surface area contributed by atoms with Crippen molar-refractivity contribution in [1.82, 2.24) is 4.90 Å². The van der Waals surface area contributed by atoms with Gasteiger partial charge in [-0.1, -0.05) is 19.8 Å². The molecule has 1 rings (SSSR count). The average Bonchev–Trinajstić information content (AvgIpc) is 2.41. The molecule has 1 aliphatic rings. The number of rotatable bonds is 5. The van der Waals surface area contributed by atoms with E-state index < -0.39 is 0 Å². The van der Waals surface area contributed by atoms with Crippen LogP contribution in [0.4, 0.5) is 0 Å². The van der Waals surface area contributed by atoms with Crippen molar-refractivity contribution in [1.29, 1.82) is 0 Å². The van der Waals surface area contributed by atoms with Crippen LogP contribution in [0.3, 0.4) is 0 Å². The van der Waals surface area contributed by atoms with E-state index in [1.165, 1.54) is 25.7 Å². The Morgan fingerprint density at radius 1 is 1.38 bits per heavy atom. The Kier molecular flexibility index (Phi) is 4.07. The Labute approximate surface area is 86.5 Å². The fraction of sp³-hybridized carbons (Fsp3) is 0.800. The maximum absolute atomic E-state index is 6.35. The summed E-state index contributed by atoms with van der Waals surface area (Å²) in [5, 5.41) is 0. The summed E-state index contributed by atoms with van der Waals surface area (Å²) in [6, 6.07) is 0. The molecular formula is C10H20ClN2+. The molecule has 0 aromatic rings. The smallest absolute Gasteiger partial charge is 0.175 e. The highest BCUT2D eigenvalue weighted by molar-refractivity contribution is 6.07. The monoisotopic (exact) mass is 203 g/mol. The van der Waals surface area contributed by atoms with Gasteiger partial charge in [0.1, 0.15) is 12.7 Å². The first kappa shape index (κ1) is 10.9. The number of hydrogen-bond acceptors (Lipinski definition) is 1. The lowest BCUT2D eigenvalue weighted by Crippen LogP contribution is -2.35. The molecular weight excluding hydrogens is 184 g/mol. The third kappa shape index (κ3) is 3.57. The molecule has 0 bridgehead atoms. The van der Waals surface area contributed by atoms with Crippen LogP contribution < -0.4 is 0 Å². The van der Waals surface area contributed by atoms with Gasteiger partial charge < -0.3 is 4.90 Å². The summed E-state index contributed by atoms with van der Waals surface area (Å²) >= 11 is 6.35. The number of hydrogen-bond donors (Lipinski definition) is 0. The molecule has 2 nitrogen and oxygen atoms in total. The molecule has 0 fully saturated rings. The first-order valence-electron chi connectivity index (χ1n) is 5.12. The minimum atomic E-state index is 0.570. The second kappa shape index (κ2) is 4.87. The minimum absolute atomic E-state index is 0.570. The van der Waals surface area contributed by atoms with Gasteiger partial charge in [0.15, 0.2) is 18.4 Å². The molecule has 0 aromatic carbocycles. The van der Waals surface area contributed by atoms with Crippen molar-refractivity contribution < 1.29 is 4.00 Å². The van der Waals surface area contributed by atoms with E-state index in [1.54, 1.807) is 0 Å². The van der Waals surface area contributed by atoms with Gasteiger partial charge in [-0.15, -0.1) is 0 Å². The minimum Gasteiger partial charge on any atom is -0.328 e. The van der Waals surface area contributed by atoms with E-state index in [0.717, 1.165) is 13.2 Å². The summed E-state index contributed by atoms with van der Waals surface area (Å²) in [6.07, 6.45) is 9.30. The first-order valence-corrected chi connectivity index (χ1v) is 5.46. The molecule has 1 atom stereocenters. The van der Waals surface area contributed by atoms with E-state index >= 15 is 0 Å². The molecule has 76 valence electrons. The van der Waals surface area contributed by atoms with Crippen molar-refractivity contribution in [2.75, 3.05) is 20.3 Å². The zero-order valence-corrected chi connectivity index (χ0v) is 9.43. The van der Waals surface area contributed by atoms with E-state index in [2.05, 4.69) is 31.3 Å². The van der Waals surface area contributed by atoms with Crippen LogP contribution in [-0.4, -0.2) is 29.2 Å². The standard InChI is InChI=1S/C10H20ClN2/c1-3-4-5-6-8-13(11)9-7-12(2)10-13/h7,9H,3-6,8,10H2,1-2H3/q+1. The number of halogens is 1. The SMILES string of the molecule is CCCCCC[N+]1(Cl)C=CN(C)C1. The van der Waals surface area contributed by atoms with Crippen LogP contribution in [0, 0.1) is 0 Å². The molecule has 0 amide bonds. The van der Waals surface area contributed by atoms with Crippen LogP contribution in [0.2, 0.25) is 0 Å². The van der Waals surface area contributed by atoms with Gasteiger partial charge in [-0.25, -0.2) is 0 Å². The average molecular weight is 204 g/mol. The van der Waals surface area contributed by atoms with Crippen molar-refractivity contribution in [3.8, 4) is 0 Å². The summed E-state index contributed by atoms with van der Waals surface area (Å²) in [4.78, 5) is 2.13. The summed E-state index contributed by atoms with van der Waals surface area (Å²) in [5.74, 6) is 0. The lowest BCUT2D eigenvalue weighted by molar-refractivity contribution is -0.763. The Bertz CT molecular complexity index is 182. The largest absolute Gasteiger partial charge is 0.328 e. The van der Waals surface area contributed by atoms with Crippen molar-refractivity contribution in [3.05, 3.63) is 12.4 Å². The molecule has 0 saturated carbocycles. The molecule has 0 saturated heterocycles. The van der Waals surface area contributed by atoms with Crippen molar-refractivity contribution >= 4 is 11.8 Å². The number of quaternary nitrogens is 1. The van der Waals surface area contributed by atoms with E-state index in [9.17, 15) is 0 Å². The van der Waals surface area contributed by atoms with E-state index in [-0.39, 0.29) is 0 Å². The Balaban J connectivity index is 2.17. The predicted molar refractivity (Wildman–Crippen MR) is 56.9 cm³/mol. The lowest BCUT2D eigenvalue weighted by atomic mass is 10.2. The third-order valence-electron chi connectivity index (χ3n) is 2.43. The van der Waals surface area contributed by atoms with Gasteiger partial charge in [-0.05, 0) is 12.8 Å².